The van der Waals surface area contributed by atoms with Crippen LogP contribution in [0.5, 0.6) is 0 Å². The first-order valence-corrected chi connectivity index (χ1v) is 7.35. The second kappa shape index (κ2) is 5.88. The zero-order valence-electron chi connectivity index (χ0n) is 12.3. The smallest absolute Gasteiger partial charge is 0.00683 e. The van der Waals surface area contributed by atoms with Crippen LogP contribution in [0.1, 0.15) is 43.4 Å². The van der Waals surface area contributed by atoms with Gasteiger partial charge in [-0.1, -0.05) is 43.2 Å². The summed E-state index contributed by atoms with van der Waals surface area (Å²) in [5.41, 5.74) is 4.28. The molecule has 0 heterocycles. The molecule has 0 aromatic heterocycles. The maximum Gasteiger partial charge on any atom is 0.00683 e. The second-order valence-corrected chi connectivity index (χ2v) is 6.34. The van der Waals surface area contributed by atoms with Gasteiger partial charge in [-0.05, 0) is 57.1 Å². The molecule has 1 aliphatic carbocycles. The molecule has 1 aromatic carbocycles. The minimum absolute atomic E-state index is 0.748. The zero-order valence-corrected chi connectivity index (χ0v) is 12.3. The van der Waals surface area contributed by atoms with Gasteiger partial charge in [-0.15, -0.1) is 0 Å². The Hall–Kier alpha value is -0.820. The largest absolute Gasteiger partial charge is 0.314 e. The van der Waals surface area contributed by atoms with Crippen LogP contribution in [0.2, 0.25) is 0 Å². The molecule has 1 saturated carbocycles. The van der Waals surface area contributed by atoms with Crippen LogP contribution in [0.25, 0.3) is 0 Å². The Labute approximate surface area is 112 Å². The van der Waals surface area contributed by atoms with Crippen LogP contribution in [0.4, 0.5) is 0 Å². The van der Waals surface area contributed by atoms with Crippen LogP contribution in [0.3, 0.4) is 0 Å². The van der Waals surface area contributed by atoms with Gasteiger partial charge >= 0.3 is 0 Å². The van der Waals surface area contributed by atoms with Crippen LogP contribution in [0, 0.1) is 25.7 Å². The van der Waals surface area contributed by atoms with Crippen molar-refractivity contribution in [2.24, 2.45) is 11.8 Å². The van der Waals surface area contributed by atoms with Gasteiger partial charge in [0, 0.05) is 6.04 Å². The predicted octanol–water partition coefficient (Wildman–Crippen LogP) is 3.87. The third kappa shape index (κ3) is 4.13. The number of benzene rings is 1. The minimum atomic E-state index is 0.748. The minimum Gasteiger partial charge on any atom is -0.314 e. The van der Waals surface area contributed by atoms with E-state index in [-0.39, 0.29) is 0 Å². The van der Waals surface area contributed by atoms with Gasteiger partial charge in [0.15, 0.2) is 0 Å². The molecule has 0 bridgehead atoms. The van der Waals surface area contributed by atoms with Gasteiger partial charge in [0.25, 0.3) is 0 Å². The number of rotatable bonds is 6. The highest BCUT2D eigenvalue weighted by Crippen LogP contribution is 2.22. The lowest BCUT2D eigenvalue weighted by atomic mass is 9.88. The SMILES string of the molecule is Cc1cc(C)cc(CC(C)C(C)CNC2CC2)c1. The highest BCUT2D eigenvalue weighted by Gasteiger charge is 2.22. The molecule has 0 radical (unpaired) electrons. The summed E-state index contributed by atoms with van der Waals surface area (Å²) < 4.78 is 0. The average molecular weight is 245 g/mol. The summed E-state index contributed by atoms with van der Waals surface area (Å²) in [5, 5.41) is 3.65. The van der Waals surface area contributed by atoms with E-state index in [4.69, 9.17) is 0 Å². The molecule has 2 unspecified atom stereocenters. The third-order valence-electron chi connectivity index (χ3n) is 4.12. The van der Waals surface area contributed by atoms with Crippen molar-refractivity contribution in [2.45, 2.75) is 53.0 Å². The first-order chi connectivity index (χ1) is 8.54. The number of hydrogen-bond acceptors (Lipinski definition) is 1. The maximum atomic E-state index is 3.65. The Morgan fingerprint density at radius 3 is 2.22 bits per heavy atom. The van der Waals surface area contributed by atoms with Crippen LogP contribution >= 0.6 is 0 Å². The van der Waals surface area contributed by atoms with Crippen LogP contribution < -0.4 is 5.32 Å². The number of hydrogen-bond donors (Lipinski definition) is 1. The Balaban J connectivity index is 1.86. The molecule has 1 N–H and O–H groups in total. The van der Waals surface area contributed by atoms with Gasteiger partial charge in [-0.3, -0.25) is 0 Å². The van der Waals surface area contributed by atoms with E-state index in [1.165, 1.54) is 42.5 Å². The summed E-state index contributed by atoms with van der Waals surface area (Å²) in [7, 11) is 0. The van der Waals surface area contributed by atoms with Crippen molar-refractivity contribution in [3.63, 3.8) is 0 Å². The molecule has 1 fully saturated rings. The van der Waals surface area contributed by atoms with Gasteiger partial charge in [-0.2, -0.15) is 0 Å². The summed E-state index contributed by atoms with van der Waals surface area (Å²) in [4.78, 5) is 0. The molecule has 0 spiro atoms. The van der Waals surface area contributed by atoms with E-state index in [2.05, 4.69) is 51.2 Å². The fourth-order valence-corrected chi connectivity index (χ4v) is 2.60. The first-order valence-electron chi connectivity index (χ1n) is 7.35. The van der Waals surface area contributed by atoms with Gasteiger partial charge in [0.2, 0.25) is 0 Å². The molecule has 0 saturated heterocycles. The average Bonchev–Trinajstić information content (AvgIpc) is 3.07. The third-order valence-corrected chi connectivity index (χ3v) is 4.12. The van der Waals surface area contributed by atoms with Crippen molar-refractivity contribution < 1.29 is 0 Å². The Morgan fingerprint density at radius 2 is 1.67 bits per heavy atom. The highest BCUT2D eigenvalue weighted by molar-refractivity contribution is 5.28. The van der Waals surface area contributed by atoms with E-state index < -0.39 is 0 Å². The van der Waals surface area contributed by atoms with Crippen molar-refractivity contribution in [3.8, 4) is 0 Å². The molecular weight excluding hydrogens is 218 g/mol. The Bertz CT molecular complexity index is 372. The Kier molecular flexibility index (Phi) is 4.45. The van der Waals surface area contributed by atoms with Crippen LogP contribution in [-0.4, -0.2) is 12.6 Å². The van der Waals surface area contributed by atoms with E-state index in [0.29, 0.717) is 0 Å². The summed E-state index contributed by atoms with van der Waals surface area (Å²) in [6.45, 7) is 10.3. The van der Waals surface area contributed by atoms with Crippen molar-refractivity contribution in [3.05, 3.63) is 34.9 Å². The molecule has 1 heteroatoms. The van der Waals surface area contributed by atoms with E-state index in [0.717, 1.165) is 17.9 Å². The molecule has 0 amide bonds. The van der Waals surface area contributed by atoms with E-state index in [1.807, 2.05) is 0 Å². The monoisotopic (exact) mass is 245 g/mol. The fraction of sp³-hybridized carbons (Fsp3) is 0.647. The molecule has 1 nitrogen and oxygen atoms in total. The van der Waals surface area contributed by atoms with Crippen LogP contribution in [0.15, 0.2) is 18.2 Å². The first kappa shape index (κ1) is 13.6. The number of nitrogens with one attached hydrogen (secondary N) is 1. The molecule has 1 aromatic rings. The van der Waals surface area contributed by atoms with E-state index in [1.54, 1.807) is 0 Å². The lowest BCUT2D eigenvalue weighted by Gasteiger charge is -2.21. The molecule has 0 aliphatic heterocycles. The molecule has 2 rings (SSSR count). The maximum absolute atomic E-state index is 3.65. The van der Waals surface area contributed by atoms with Gasteiger partial charge in [0.1, 0.15) is 0 Å². The van der Waals surface area contributed by atoms with Gasteiger partial charge < -0.3 is 5.32 Å². The lowest BCUT2D eigenvalue weighted by molar-refractivity contribution is 0.364. The van der Waals surface area contributed by atoms with Crippen molar-refractivity contribution in [1.82, 2.24) is 5.32 Å². The second-order valence-electron chi connectivity index (χ2n) is 6.34. The van der Waals surface area contributed by atoms with Gasteiger partial charge in [0.05, 0.1) is 0 Å². The predicted molar refractivity (Wildman–Crippen MR) is 79.0 cm³/mol. The molecule has 100 valence electrons. The normalized spacial score (nSPS) is 18.7. The van der Waals surface area contributed by atoms with Gasteiger partial charge in [-0.25, -0.2) is 0 Å². The van der Waals surface area contributed by atoms with Crippen molar-refractivity contribution >= 4 is 0 Å². The topological polar surface area (TPSA) is 12.0 Å². The molecule has 18 heavy (non-hydrogen) atoms. The summed E-state index contributed by atoms with van der Waals surface area (Å²) in [5.74, 6) is 1.50. The van der Waals surface area contributed by atoms with E-state index >= 15 is 0 Å². The highest BCUT2D eigenvalue weighted by atomic mass is 14.9. The summed E-state index contributed by atoms with van der Waals surface area (Å²) >= 11 is 0. The zero-order chi connectivity index (χ0) is 13.1. The molecular formula is C17H27N. The lowest BCUT2D eigenvalue weighted by Crippen LogP contribution is -2.27. The molecule has 1 aliphatic rings. The number of aryl methyl sites for hydroxylation is 2. The standard InChI is InChI=1S/C17H27N/c1-12-7-13(2)9-16(8-12)10-14(3)15(4)11-18-17-5-6-17/h7-9,14-15,17-18H,5-6,10-11H2,1-4H3. The summed E-state index contributed by atoms with van der Waals surface area (Å²) in [6, 6.07) is 7.77. The van der Waals surface area contributed by atoms with Crippen LogP contribution in [-0.2, 0) is 6.42 Å². The molecule has 2 atom stereocenters. The fourth-order valence-electron chi connectivity index (χ4n) is 2.60. The quantitative estimate of drug-likeness (QED) is 0.802. The van der Waals surface area contributed by atoms with Crippen molar-refractivity contribution in [2.75, 3.05) is 6.54 Å². The van der Waals surface area contributed by atoms with Crippen molar-refractivity contribution in [1.29, 1.82) is 0 Å². The van der Waals surface area contributed by atoms with E-state index in [9.17, 15) is 0 Å². The Morgan fingerprint density at radius 1 is 1.06 bits per heavy atom. The summed E-state index contributed by atoms with van der Waals surface area (Å²) in [6.07, 6.45) is 3.98.